The highest BCUT2D eigenvalue weighted by Crippen LogP contribution is 2.36. The van der Waals surface area contributed by atoms with E-state index >= 15 is 0 Å². The van der Waals surface area contributed by atoms with Gasteiger partial charge in [0.25, 0.3) is 0 Å². The van der Waals surface area contributed by atoms with Crippen LogP contribution in [0.2, 0.25) is 0 Å². The van der Waals surface area contributed by atoms with Crippen molar-refractivity contribution in [1.82, 2.24) is 0 Å². The predicted molar refractivity (Wildman–Crippen MR) is 102 cm³/mol. The van der Waals surface area contributed by atoms with Gasteiger partial charge in [-0.25, -0.2) is 4.21 Å². The lowest BCUT2D eigenvalue weighted by atomic mass is 9.76. The van der Waals surface area contributed by atoms with Gasteiger partial charge in [0.1, 0.15) is 0 Å². The number of hydrogen-bond donors (Lipinski definition) is 0. The second kappa shape index (κ2) is 8.47. The van der Waals surface area contributed by atoms with Gasteiger partial charge in [-0.05, 0) is 44.0 Å². The van der Waals surface area contributed by atoms with E-state index in [1.54, 1.807) is 13.0 Å². The average Bonchev–Trinajstić information content (AvgIpc) is 2.65. The molecule has 0 aliphatic heterocycles. The maximum Gasteiger partial charge on any atom is 0.0976 e. The van der Waals surface area contributed by atoms with Crippen molar-refractivity contribution in [2.45, 2.75) is 41.9 Å². The van der Waals surface area contributed by atoms with E-state index < -0.39 is 16.2 Å². The first-order valence-electron chi connectivity index (χ1n) is 8.07. The van der Waals surface area contributed by atoms with Crippen molar-refractivity contribution in [3.63, 3.8) is 0 Å². The summed E-state index contributed by atoms with van der Waals surface area (Å²) in [6, 6.07) is 17.5. The van der Waals surface area contributed by atoms with Gasteiger partial charge >= 0.3 is 0 Å². The molecule has 0 aliphatic rings. The Morgan fingerprint density at radius 1 is 1.20 bits per heavy atom. The van der Waals surface area contributed by atoms with Gasteiger partial charge in [-0.1, -0.05) is 42.0 Å². The van der Waals surface area contributed by atoms with Crippen molar-refractivity contribution in [2.24, 2.45) is 0 Å². The molecule has 0 saturated carbocycles. The highest BCUT2D eigenvalue weighted by Gasteiger charge is 2.34. The summed E-state index contributed by atoms with van der Waals surface area (Å²) in [7, 11) is -1.36. The number of aryl methyl sites for hydroxylation is 1. The third kappa shape index (κ3) is 4.08. The lowest BCUT2D eigenvalue weighted by molar-refractivity contribution is 0.561. The summed E-state index contributed by atoms with van der Waals surface area (Å²) in [5.74, 6) is 5.88. The molecule has 126 valence electrons. The second-order valence-corrected chi connectivity index (χ2v) is 7.32. The molecule has 3 heteroatoms. The van der Waals surface area contributed by atoms with Gasteiger partial charge < -0.3 is 0 Å². The van der Waals surface area contributed by atoms with Crippen LogP contribution in [0.25, 0.3) is 0 Å². The Bertz CT molecular complexity index is 881. The Kier molecular flexibility index (Phi) is 6.34. The SMILES string of the molecule is C=CC[C@@](C#N)(CC#CC)c1ccccc1[S@@](=O)c1ccc(C)cc1. The van der Waals surface area contributed by atoms with Gasteiger partial charge in [0.2, 0.25) is 0 Å². The molecule has 0 aliphatic carbocycles. The number of nitrogens with zero attached hydrogens (tertiary/aromatic N) is 1. The van der Waals surface area contributed by atoms with Crippen LogP contribution < -0.4 is 0 Å². The molecule has 0 spiro atoms. The van der Waals surface area contributed by atoms with E-state index in [1.165, 1.54) is 0 Å². The molecule has 0 bridgehead atoms. The maximum atomic E-state index is 13.2. The first-order chi connectivity index (χ1) is 12.1. The summed E-state index contributed by atoms with van der Waals surface area (Å²) >= 11 is 0. The minimum atomic E-state index is -1.36. The predicted octanol–water partition coefficient (Wildman–Crippen LogP) is 4.91. The van der Waals surface area contributed by atoms with Crippen LogP contribution in [0.3, 0.4) is 0 Å². The Morgan fingerprint density at radius 2 is 1.88 bits per heavy atom. The van der Waals surface area contributed by atoms with Crippen LogP contribution in [0.5, 0.6) is 0 Å². The van der Waals surface area contributed by atoms with Crippen LogP contribution in [0.4, 0.5) is 0 Å². The van der Waals surface area contributed by atoms with Crippen LogP contribution in [0.15, 0.2) is 71.0 Å². The number of rotatable bonds is 6. The Morgan fingerprint density at radius 3 is 2.48 bits per heavy atom. The summed E-state index contributed by atoms with van der Waals surface area (Å²) < 4.78 is 13.2. The fraction of sp³-hybridized carbons (Fsp3) is 0.227. The summed E-state index contributed by atoms with van der Waals surface area (Å²) in [6.07, 6.45) is 2.57. The second-order valence-electron chi connectivity index (χ2n) is 5.87. The third-order valence-corrected chi connectivity index (χ3v) is 5.57. The van der Waals surface area contributed by atoms with E-state index in [4.69, 9.17) is 0 Å². The zero-order valence-electron chi connectivity index (χ0n) is 14.6. The largest absolute Gasteiger partial charge is 0.249 e. The van der Waals surface area contributed by atoms with Crippen LogP contribution in [-0.2, 0) is 16.2 Å². The van der Waals surface area contributed by atoms with Crippen LogP contribution in [-0.4, -0.2) is 4.21 Å². The molecule has 2 atom stereocenters. The minimum Gasteiger partial charge on any atom is -0.249 e. The molecule has 0 N–H and O–H groups in total. The molecule has 2 rings (SSSR count). The fourth-order valence-electron chi connectivity index (χ4n) is 2.72. The molecule has 2 aromatic rings. The van der Waals surface area contributed by atoms with Crippen molar-refractivity contribution in [3.05, 3.63) is 72.3 Å². The smallest absolute Gasteiger partial charge is 0.0976 e. The number of allylic oxidation sites excluding steroid dienone is 1. The number of benzene rings is 2. The zero-order chi connectivity index (χ0) is 18.3. The van der Waals surface area contributed by atoms with Gasteiger partial charge in [0.05, 0.1) is 22.3 Å². The average molecular weight is 347 g/mol. The molecule has 0 fully saturated rings. The third-order valence-electron chi connectivity index (χ3n) is 4.11. The summed E-state index contributed by atoms with van der Waals surface area (Å²) in [5, 5.41) is 9.94. The van der Waals surface area contributed by atoms with Crippen molar-refractivity contribution >= 4 is 10.8 Å². The quantitative estimate of drug-likeness (QED) is 0.550. The van der Waals surface area contributed by atoms with Crippen molar-refractivity contribution in [2.75, 3.05) is 0 Å². The molecule has 0 aromatic heterocycles. The van der Waals surface area contributed by atoms with Gasteiger partial charge in [0.15, 0.2) is 0 Å². The number of nitriles is 1. The molecule has 25 heavy (non-hydrogen) atoms. The molecule has 0 heterocycles. The first kappa shape index (κ1) is 18.7. The van der Waals surface area contributed by atoms with E-state index in [-0.39, 0.29) is 0 Å². The summed E-state index contributed by atoms with van der Waals surface area (Å²) in [5.41, 5.74) is 1.03. The van der Waals surface area contributed by atoms with Gasteiger partial charge in [0, 0.05) is 16.2 Å². The molecule has 0 radical (unpaired) electrons. The minimum absolute atomic E-state index is 0.383. The molecule has 2 nitrogen and oxygen atoms in total. The highest BCUT2D eigenvalue weighted by atomic mass is 32.2. The molecule has 0 unspecified atom stereocenters. The van der Waals surface area contributed by atoms with E-state index in [1.807, 2.05) is 55.5 Å². The van der Waals surface area contributed by atoms with Crippen molar-refractivity contribution < 1.29 is 4.21 Å². The van der Waals surface area contributed by atoms with Gasteiger partial charge in [-0.15, -0.1) is 18.4 Å². The summed E-state index contributed by atoms with van der Waals surface area (Å²) in [6.45, 7) is 7.55. The number of hydrogen-bond acceptors (Lipinski definition) is 2. The Balaban J connectivity index is 2.60. The van der Waals surface area contributed by atoms with Crippen LogP contribution in [0, 0.1) is 30.1 Å². The van der Waals surface area contributed by atoms with E-state index in [9.17, 15) is 9.47 Å². The van der Waals surface area contributed by atoms with E-state index in [0.29, 0.717) is 17.7 Å². The molecular formula is C22H21NOS. The summed E-state index contributed by atoms with van der Waals surface area (Å²) in [4.78, 5) is 1.39. The van der Waals surface area contributed by atoms with Crippen LogP contribution >= 0.6 is 0 Å². The Hall–Kier alpha value is -2.62. The van der Waals surface area contributed by atoms with Crippen molar-refractivity contribution in [3.8, 4) is 17.9 Å². The molecule has 0 saturated heterocycles. The van der Waals surface area contributed by atoms with Gasteiger partial charge in [-0.3, -0.25) is 0 Å². The standard InChI is InChI=1S/C22H21NOS/c1-4-6-16-22(17-23,15-5-2)20-9-7-8-10-21(20)25(24)19-13-11-18(3)12-14-19/h5,7-14H,2,15-16H2,1,3H3/t22-,25-/m0/s1. The van der Waals surface area contributed by atoms with Gasteiger partial charge in [-0.2, -0.15) is 5.26 Å². The maximum absolute atomic E-state index is 13.2. The monoisotopic (exact) mass is 347 g/mol. The van der Waals surface area contributed by atoms with E-state index in [0.717, 1.165) is 16.0 Å². The highest BCUT2D eigenvalue weighted by molar-refractivity contribution is 7.85. The lowest BCUT2D eigenvalue weighted by Crippen LogP contribution is -2.25. The zero-order valence-corrected chi connectivity index (χ0v) is 15.4. The Labute approximate surface area is 152 Å². The lowest BCUT2D eigenvalue weighted by Gasteiger charge is -2.26. The molecule has 2 aromatic carbocycles. The topological polar surface area (TPSA) is 40.9 Å². The fourth-order valence-corrected chi connectivity index (χ4v) is 4.02. The molecule has 0 amide bonds. The van der Waals surface area contributed by atoms with E-state index in [2.05, 4.69) is 24.5 Å². The molecular weight excluding hydrogens is 326 g/mol. The van der Waals surface area contributed by atoms with Crippen molar-refractivity contribution in [1.29, 1.82) is 5.26 Å². The normalized spacial score (nSPS) is 13.6. The first-order valence-corrected chi connectivity index (χ1v) is 9.22. The van der Waals surface area contributed by atoms with Crippen LogP contribution in [0.1, 0.15) is 30.9 Å².